The lowest BCUT2D eigenvalue weighted by atomic mass is 9.70. The van der Waals surface area contributed by atoms with Crippen molar-refractivity contribution in [2.75, 3.05) is 19.8 Å². The van der Waals surface area contributed by atoms with E-state index >= 15 is 0 Å². The van der Waals surface area contributed by atoms with Crippen LogP contribution >= 0.6 is 0 Å². The lowest BCUT2D eigenvalue weighted by Gasteiger charge is -2.42. The molecule has 2 aliphatic rings. The second-order valence-corrected chi connectivity index (χ2v) is 7.03. The van der Waals surface area contributed by atoms with Crippen LogP contribution < -0.4 is 5.32 Å². The maximum atomic E-state index is 10.5. The fourth-order valence-electron chi connectivity index (χ4n) is 3.48. The molecule has 1 heterocycles. The van der Waals surface area contributed by atoms with Crippen molar-refractivity contribution in [3.8, 4) is 0 Å². The second-order valence-electron chi connectivity index (χ2n) is 7.03. The van der Waals surface area contributed by atoms with Gasteiger partial charge in [0.2, 0.25) is 0 Å². The van der Waals surface area contributed by atoms with Gasteiger partial charge in [0, 0.05) is 25.6 Å². The van der Waals surface area contributed by atoms with E-state index in [0.29, 0.717) is 25.8 Å². The number of aliphatic hydroxyl groups is 1. The minimum Gasteiger partial charge on any atom is -0.386 e. The van der Waals surface area contributed by atoms with Crippen LogP contribution in [0.15, 0.2) is 24.3 Å². The van der Waals surface area contributed by atoms with E-state index in [4.69, 9.17) is 4.74 Å². The van der Waals surface area contributed by atoms with Gasteiger partial charge in [0.25, 0.3) is 0 Å². The molecule has 1 aromatic carbocycles. The molecule has 3 heteroatoms. The van der Waals surface area contributed by atoms with E-state index in [-0.39, 0.29) is 5.41 Å². The molecule has 0 saturated carbocycles. The Bertz CT molecular complexity index is 478. The Hall–Kier alpha value is -0.900. The summed E-state index contributed by atoms with van der Waals surface area (Å²) in [5, 5.41) is 14.1. The Morgan fingerprint density at radius 3 is 2.85 bits per heavy atom. The number of rotatable bonds is 3. The average Bonchev–Trinajstić information content (AvgIpc) is 2.84. The molecule has 3 rings (SSSR count). The van der Waals surface area contributed by atoms with Crippen LogP contribution in [-0.4, -0.2) is 30.5 Å². The fraction of sp³-hybridized carbons (Fsp3) is 0.647. The molecule has 20 heavy (non-hydrogen) atoms. The van der Waals surface area contributed by atoms with Gasteiger partial charge in [-0.3, -0.25) is 0 Å². The molecule has 1 saturated heterocycles. The van der Waals surface area contributed by atoms with E-state index in [1.54, 1.807) is 0 Å². The second kappa shape index (κ2) is 5.14. The Morgan fingerprint density at radius 2 is 2.10 bits per heavy atom. The van der Waals surface area contributed by atoms with Gasteiger partial charge in [-0.2, -0.15) is 0 Å². The monoisotopic (exact) mass is 275 g/mol. The maximum absolute atomic E-state index is 10.5. The third-order valence-corrected chi connectivity index (χ3v) is 4.90. The molecule has 1 aromatic rings. The highest BCUT2D eigenvalue weighted by molar-refractivity contribution is 5.34. The summed E-state index contributed by atoms with van der Waals surface area (Å²) in [6, 6.07) is 8.99. The minimum atomic E-state index is -0.692. The van der Waals surface area contributed by atoms with E-state index in [9.17, 15) is 5.11 Å². The van der Waals surface area contributed by atoms with Crippen molar-refractivity contribution in [1.82, 2.24) is 5.32 Å². The first-order valence-electron chi connectivity index (χ1n) is 7.62. The smallest absolute Gasteiger partial charge is 0.103 e. The summed E-state index contributed by atoms with van der Waals surface area (Å²) in [7, 11) is 0. The molecule has 0 aromatic heterocycles. The maximum Gasteiger partial charge on any atom is 0.103 e. The number of hydrogen-bond acceptors (Lipinski definition) is 3. The summed E-state index contributed by atoms with van der Waals surface area (Å²) in [4.78, 5) is 0. The summed E-state index contributed by atoms with van der Waals surface area (Å²) in [5.41, 5.74) is 2.36. The number of hydrogen-bond donors (Lipinski definition) is 2. The largest absolute Gasteiger partial charge is 0.386 e. The highest BCUT2D eigenvalue weighted by Crippen LogP contribution is 2.43. The lowest BCUT2D eigenvalue weighted by Crippen LogP contribution is -2.47. The van der Waals surface area contributed by atoms with Gasteiger partial charge < -0.3 is 15.2 Å². The van der Waals surface area contributed by atoms with Gasteiger partial charge in [-0.05, 0) is 29.4 Å². The van der Waals surface area contributed by atoms with Crippen molar-refractivity contribution < 1.29 is 9.84 Å². The third-order valence-electron chi connectivity index (χ3n) is 4.90. The molecule has 0 spiro atoms. The number of benzene rings is 1. The van der Waals surface area contributed by atoms with Gasteiger partial charge in [0.05, 0.1) is 6.61 Å². The van der Waals surface area contributed by atoms with Gasteiger partial charge >= 0.3 is 0 Å². The number of aryl methyl sites for hydroxylation is 1. The molecule has 0 bridgehead atoms. The topological polar surface area (TPSA) is 41.5 Å². The first-order valence-corrected chi connectivity index (χ1v) is 7.62. The first kappa shape index (κ1) is 14.1. The molecule has 2 N–H and O–H groups in total. The van der Waals surface area contributed by atoms with Gasteiger partial charge in [0.1, 0.15) is 5.60 Å². The van der Waals surface area contributed by atoms with E-state index in [2.05, 4.69) is 43.4 Å². The normalized spacial score (nSPS) is 32.0. The molecular formula is C17H25NO2. The lowest BCUT2D eigenvalue weighted by molar-refractivity contribution is 0.0194. The minimum absolute atomic E-state index is 0.212. The summed E-state index contributed by atoms with van der Waals surface area (Å²) in [6.07, 6.45) is 3.06. The summed E-state index contributed by atoms with van der Waals surface area (Å²) >= 11 is 0. The van der Waals surface area contributed by atoms with E-state index in [0.717, 1.165) is 12.8 Å². The van der Waals surface area contributed by atoms with Gasteiger partial charge in [0.15, 0.2) is 0 Å². The number of nitrogens with one attached hydrogen (secondary N) is 1. The molecule has 1 fully saturated rings. The van der Waals surface area contributed by atoms with Crippen molar-refractivity contribution in [2.45, 2.75) is 44.8 Å². The van der Waals surface area contributed by atoms with Crippen LogP contribution in [0.2, 0.25) is 0 Å². The quantitative estimate of drug-likeness (QED) is 0.890. The molecule has 110 valence electrons. The average molecular weight is 275 g/mol. The Balaban J connectivity index is 1.79. The fourth-order valence-corrected chi connectivity index (χ4v) is 3.48. The molecule has 2 unspecified atom stereocenters. The number of fused-ring (bicyclic) bond motifs is 1. The molecule has 1 aliphatic heterocycles. The van der Waals surface area contributed by atoms with E-state index in [1.165, 1.54) is 17.5 Å². The molecule has 0 amide bonds. The van der Waals surface area contributed by atoms with Crippen molar-refractivity contribution in [3.05, 3.63) is 35.4 Å². The van der Waals surface area contributed by atoms with Crippen LogP contribution in [-0.2, 0) is 11.2 Å². The van der Waals surface area contributed by atoms with Gasteiger partial charge in [-0.15, -0.1) is 0 Å². The van der Waals surface area contributed by atoms with E-state index in [1.807, 2.05) is 0 Å². The van der Waals surface area contributed by atoms with Gasteiger partial charge in [-0.25, -0.2) is 0 Å². The van der Waals surface area contributed by atoms with E-state index < -0.39 is 5.60 Å². The highest BCUT2D eigenvalue weighted by Gasteiger charge is 2.38. The molecule has 2 atom stereocenters. The molecular weight excluding hydrogens is 250 g/mol. The van der Waals surface area contributed by atoms with Crippen LogP contribution in [0, 0.1) is 5.41 Å². The summed E-state index contributed by atoms with van der Waals surface area (Å²) in [5.74, 6) is 0. The zero-order chi connectivity index (χ0) is 14.2. The summed E-state index contributed by atoms with van der Waals surface area (Å²) < 4.78 is 5.33. The SMILES string of the molecule is CC1(C)CCc2ccccc2C1NCC1(O)CCOC1. The highest BCUT2D eigenvalue weighted by atomic mass is 16.5. The Labute approximate surface area is 121 Å². The molecule has 3 nitrogen and oxygen atoms in total. The van der Waals surface area contributed by atoms with Gasteiger partial charge in [-0.1, -0.05) is 38.1 Å². The van der Waals surface area contributed by atoms with Crippen LogP contribution in [0.5, 0.6) is 0 Å². The van der Waals surface area contributed by atoms with Crippen LogP contribution in [0.1, 0.15) is 43.9 Å². The zero-order valence-corrected chi connectivity index (χ0v) is 12.5. The van der Waals surface area contributed by atoms with Crippen LogP contribution in [0.4, 0.5) is 0 Å². The van der Waals surface area contributed by atoms with Crippen molar-refractivity contribution in [3.63, 3.8) is 0 Å². The van der Waals surface area contributed by atoms with Crippen molar-refractivity contribution >= 4 is 0 Å². The predicted molar refractivity (Wildman–Crippen MR) is 79.7 cm³/mol. The van der Waals surface area contributed by atoms with Crippen molar-refractivity contribution in [1.29, 1.82) is 0 Å². The summed E-state index contributed by atoms with van der Waals surface area (Å²) in [6.45, 7) is 6.36. The predicted octanol–water partition coefficient (Wildman–Crippen LogP) is 2.44. The molecule has 0 radical (unpaired) electrons. The standard InChI is InChI=1S/C17H25NO2/c1-16(2)8-7-13-5-3-4-6-14(13)15(16)18-11-17(19)9-10-20-12-17/h3-6,15,18-19H,7-12H2,1-2H3. The first-order chi connectivity index (χ1) is 9.50. The Morgan fingerprint density at radius 1 is 1.30 bits per heavy atom. The Kier molecular flexibility index (Phi) is 3.61. The third kappa shape index (κ3) is 2.62. The molecule has 1 aliphatic carbocycles. The van der Waals surface area contributed by atoms with Crippen LogP contribution in [0.3, 0.4) is 0 Å². The van der Waals surface area contributed by atoms with Crippen LogP contribution in [0.25, 0.3) is 0 Å². The number of ether oxygens (including phenoxy) is 1. The van der Waals surface area contributed by atoms with Crippen molar-refractivity contribution in [2.24, 2.45) is 5.41 Å². The zero-order valence-electron chi connectivity index (χ0n) is 12.5.